The number of hydrogen-bond acceptors (Lipinski definition) is 3. The Hall–Kier alpha value is -1.64. The van der Waals surface area contributed by atoms with Gasteiger partial charge < -0.3 is 9.53 Å². The molecule has 0 fully saturated rings. The Kier molecular flexibility index (Phi) is 11.3. The summed E-state index contributed by atoms with van der Waals surface area (Å²) in [6, 6.07) is 0. The van der Waals surface area contributed by atoms with E-state index in [-0.39, 0.29) is 22.7 Å². The van der Waals surface area contributed by atoms with Gasteiger partial charge in [0.15, 0.2) is 0 Å². The van der Waals surface area contributed by atoms with E-state index in [1.165, 1.54) is 6.08 Å². The van der Waals surface area contributed by atoms with E-state index in [4.69, 9.17) is 4.74 Å². The molecular weight excluding hydrogens is 288 g/mol. The van der Waals surface area contributed by atoms with Crippen molar-refractivity contribution in [1.29, 1.82) is 0 Å². The first-order chi connectivity index (χ1) is 10.5. The van der Waals surface area contributed by atoms with Gasteiger partial charge in [-0.2, -0.15) is 0 Å². The van der Waals surface area contributed by atoms with Crippen molar-refractivity contribution in [2.75, 3.05) is 6.61 Å². The van der Waals surface area contributed by atoms with Gasteiger partial charge in [0.1, 0.15) is 6.29 Å². The lowest BCUT2D eigenvalue weighted by molar-refractivity contribution is -0.137. The van der Waals surface area contributed by atoms with E-state index in [1.54, 1.807) is 13.0 Å². The van der Waals surface area contributed by atoms with Crippen molar-refractivity contribution in [3.05, 3.63) is 37.5 Å². The van der Waals surface area contributed by atoms with Crippen LogP contribution in [-0.4, -0.2) is 18.9 Å². The van der Waals surface area contributed by atoms with Gasteiger partial charge in [0.25, 0.3) is 0 Å². The van der Waals surface area contributed by atoms with Crippen LogP contribution in [0.15, 0.2) is 37.5 Å². The number of hydrogen-bond donors (Lipinski definition) is 0. The largest absolute Gasteiger partial charge is 0.463 e. The van der Waals surface area contributed by atoms with E-state index in [1.807, 2.05) is 32.9 Å². The molecule has 0 saturated carbocycles. The van der Waals surface area contributed by atoms with Gasteiger partial charge >= 0.3 is 5.97 Å². The van der Waals surface area contributed by atoms with E-state index in [9.17, 15) is 9.59 Å². The summed E-state index contributed by atoms with van der Waals surface area (Å²) in [5, 5.41) is 0. The van der Waals surface area contributed by atoms with E-state index in [0.29, 0.717) is 12.5 Å². The van der Waals surface area contributed by atoms with Gasteiger partial charge in [-0.15, -0.1) is 13.2 Å². The third-order valence-corrected chi connectivity index (χ3v) is 4.29. The first-order valence-electron chi connectivity index (χ1n) is 8.05. The topological polar surface area (TPSA) is 43.4 Å². The van der Waals surface area contributed by atoms with Crippen molar-refractivity contribution in [2.45, 2.75) is 48.5 Å². The predicted molar refractivity (Wildman–Crippen MR) is 98.1 cm³/mol. The van der Waals surface area contributed by atoms with Crippen molar-refractivity contribution in [3.8, 4) is 0 Å². The van der Waals surface area contributed by atoms with Crippen molar-refractivity contribution in [3.63, 3.8) is 0 Å². The van der Waals surface area contributed by atoms with E-state index >= 15 is 0 Å². The molecule has 0 amide bonds. The summed E-state index contributed by atoms with van der Waals surface area (Å²) in [5.74, 6) is 0.306. The second-order valence-corrected chi connectivity index (χ2v) is 6.89. The summed E-state index contributed by atoms with van der Waals surface area (Å²) < 4.78 is 4.80. The van der Waals surface area contributed by atoms with Crippen LogP contribution in [0.1, 0.15) is 48.5 Å². The standard InChI is InChI=1S/C12H20O2.C8H14O/c1-6-10(3)12(4,5)9-8-11(13)14-7-2;1-5-7(2)8(3,4)6-9/h6,8-10H,1,7H2,2-5H3;5-7H,1H2,2-4H3/b9-8+;. The van der Waals surface area contributed by atoms with Gasteiger partial charge in [0, 0.05) is 11.5 Å². The summed E-state index contributed by atoms with van der Waals surface area (Å²) >= 11 is 0. The first kappa shape index (κ1) is 23.6. The fraction of sp³-hybridized carbons (Fsp3) is 0.600. The highest BCUT2D eigenvalue weighted by Crippen LogP contribution is 2.28. The molecule has 0 bridgehead atoms. The molecule has 0 aromatic rings. The zero-order valence-electron chi connectivity index (χ0n) is 15.9. The lowest BCUT2D eigenvalue weighted by Gasteiger charge is -2.25. The van der Waals surface area contributed by atoms with Crippen LogP contribution in [0.3, 0.4) is 0 Å². The Balaban J connectivity index is 0. The fourth-order valence-electron chi connectivity index (χ4n) is 1.34. The molecule has 0 radical (unpaired) electrons. The Bertz CT molecular complexity index is 417. The normalized spacial score (nSPS) is 14.2. The maximum Gasteiger partial charge on any atom is 0.330 e. The van der Waals surface area contributed by atoms with Gasteiger partial charge in [-0.05, 0) is 24.2 Å². The SMILES string of the molecule is C=CC(C)C(C)(C)/C=C/C(=O)OCC.C=CC(C)C(C)(C)C=O. The van der Waals surface area contributed by atoms with Gasteiger partial charge in [0.05, 0.1) is 6.61 Å². The molecule has 0 aromatic heterocycles. The predicted octanol–water partition coefficient (Wildman–Crippen LogP) is 4.99. The molecular formula is C20H34O3. The van der Waals surface area contributed by atoms with Crippen LogP contribution in [0.4, 0.5) is 0 Å². The molecule has 0 aliphatic carbocycles. The molecule has 132 valence electrons. The maximum atomic E-state index is 11.1. The molecule has 0 aliphatic heterocycles. The lowest BCUT2D eigenvalue weighted by Crippen LogP contribution is -2.20. The van der Waals surface area contributed by atoms with Gasteiger partial charge in [-0.25, -0.2) is 4.79 Å². The van der Waals surface area contributed by atoms with Gasteiger partial charge in [-0.1, -0.05) is 59.8 Å². The first-order valence-corrected chi connectivity index (χ1v) is 8.05. The second-order valence-electron chi connectivity index (χ2n) is 6.89. The second kappa shape index (κ2) is 11.0. The van der Waals surface area contributed by atoms with Gasteiger partial charge in [0.2, 0.25) is 0 Å². The highest BCUT2D eigenvalue weighted by Gasteiger charge is 2.22. The Morgan fingerprint density at radius 1 is 1.04 bits per heavy atom. The zero-order chi connectivity index (χ0) is 18.7. The van der Waals surface area contributed by atoms with E-state index in [2.05, 4.69) is 33.9 Å². The molecule has 0 N–H and O–H groups in total. The molecule has 0 aliphatic rings. The average molecular weight is 322 g/mol. The lowest BCUT2D eigenvalue weighted by atomic mass is 9.80. The van der Waals surface area contributed by atoms with Crippen molar-refractivity contribution in [2.24, 2.45) is 22.7 Å². The summed E-state index contributed by atoms with van der Waals surface area (Å²) in [5.41, 5.74) is -0.309. The molecule has 0 saturated heterocycles. The van der Waals surface area contributed by atoms with Crippen LogP contribution in [0.25, 0.3) is 0 Å². The molecule has 3 nitrogen and oxygen atoms in total. The number of rotatable bonds is 8. The zero-order valence-corrected chi connectivity index (χ0v) is 15.9. The van der Waals surface area contributed by atoms with E-state index in [0.717, 1.165) is 6.29 Å². The Morgan fingerprint density at radius 3 is 1.78 bits per heavy atom. The van der Waals surface area contributed by atoms with E-state index < -0.39 is 0 Å². The number of carbonyl (C=O) groups is 2. The molecule has 2 atom stereocenters. The minimum absolute atomic E-state index is 0.0610. The van der Waals surface area contributed by atoms with Gasteiger partial charge in [-0.3, -0.25) is 0 Å². The third kappa shape index (κ3) is 9.88. The number of esters is 1. The molecule has 0 aromatic carbocycles. The molecule has 0 spiro atoms. The highest BCUT2D eigenvalue weighted by molar-refractivity contribution is 5.82. The van der Waals surface area contributed by atoms with Crippen LogP contribution in [0.5, 0.6) is 0 Å². The molecule has 2 unspecified atom stereocenters. The summed E-state index contributed by atoms with van der Waals surface area (Å²) in [4.78, 5) is 21.4. The Morgan fingerprint density at radius 2 is 1.48 bits per heavy atom. The molecule has 0 heterocycles. The summed E-state index contributed by atoms with van der Waals surface area (Å²) in [6.07, 6.45) is 8.02. The van der Waals surface area contributed by atoms with Crippen molar-refractivity contribution >= 4 is 12.3 Å². The minimum Gasteiger partial charge on any atom is -0.463 e. The number of carbonyl (C=O) groups excluding carboxylic acids is 2. The molecule has 0 rings (SSSR count). The minimum atomic E-state index is -0.281. The molecule has 23 heavy (non-hydrogen) atoms. The van der Waals surface area contributed by atoms with Crippen molar-refractivity contribution < 1.29 is 14.3 Å². The van der Waals surface area contributed by atoms with Crippen LogP contribution >= 0.6 is 0 Å². The Labute approximate surface area is 142 Å². The summed E-state index contributed by atoms with van der Waals surface area (Å²) in [7, 11) is 0. The van der Waals surface area contributed by atoms with Crippen molar-refractivity contribution in [1.82, 2.24) is 0 Å². The van der Waals surface area contributed by atoms with Crippen LogP contribution < -0.4 is 0 Å². The number of aldehydes is 1. The highest BCUT2D eigenvalue weighted by atomic mass is 16.5. The average Bonchev–Trinajstić information content (AvgIpc) is 2.52. The third-order valence-electron chi connectivity index (χ3n) is 4.29. The quantitative estimate of drug-likeness (QED) is 0.274. The van der Waals surface area contributed by atoms with Crippen LogP contribution in [0, 0.1) is 22.7 Å². The molecule has 3 heteroatoms. The summed E-state index contributed by atoms with van der Waals surface area (Å²) in [6.45, 7) is 21.6. The number of allylic oxidation sites excluding steroid dienone is 3. The fourth-order valence-corrected chi connectivity index (χ4v) is 1.34. The monoisotopic (exact) mass is 322 g/mol. The smallest absolute Gasteiger partial charge is 0.330 e. The van der Waals surface area contributed by atoms with Crippen LogP contribution in [0.2, 0.25) is 0 Å². The van der Waals surface area contributed by atoms with Crippen LogP contribution in [-0.2, 0) is 14.3 Å². The maximum absolute atomic E-state index is 11.1. The number of ether oxygens (including phenoxy) is 1.